The van der Waals surface area contributed by atoms with E-state index in [-0.39, 0.29) is 23.5 Å². The van der Waals surface area contributed by atoms with E-state index in [9.17, 15) is 18.0 Å². The quantitative estimate of drug-likeness (QED) is 0.772. The Kier molecular flexibility index (Phi) is 5.47. The van der Waals surface area contributed by atoms with Crippen LogP contribution in [0.2, 0.25) is 0 Å². The second-order valence-corrected chi connectivity index (χ2v) is 8.48. The molecule has 0 aromatic heterocycles. The fourth-order valence-electron chi connectivity index (χ4n) is 3.53. The van der Waals surface area contributed by atoms with Gasteiger partial charge in [0.15, 0.2) is 0 Å². The van der Waals surface area contributed by atoms with Crippen LogP contribution in [0, 0.1) is 0 Å². The summed E-state index contributed by atoms with van der Waals surface area (Å²) in [5.74, 6) is -0.154. The summed E-state index contributed by atoms with van der Waals surface area (Å²) < 4.78 is 25.5. The summed E-state index contributed by atoms with van der Waals surface area (Å²) in [5.41, 5.74) is 0.602. The van der Waals surface area contributed by atoms with Gasteiger partial charge < -0.3 is 15.1 Å². The van der Waals surface area contributed by atoms with Crippen LogP contribution in [0.1, 0.15) is 23.2 Å². The molecule has 2 N–H and O–H groups in total. The number of sulfonamides is 1. The number of rotatable bonds is 4. The van der Waals surface area contributed by atoms with E-state index in [1.54, 1.807) is 29.2 Å². The minimum Gasteiger partial charge on any atom is -0.337 e. The SMILES string of the molecule is CS(=O)(=O)Nc1ccccc1C(=O)N1CCCC(N2CCNCC2=O)C1. The third-order valence-electron chi connectivity index (χ3n) is 4.70. The molecule has 1 atom stereocenters. The van der Waals surface area contributed by atoms with Gasteiger partial charge in [-0.3, -0.25) is 14.3 Å². The van der Waals surface area contributed by atoms with E-state index >= 15 is 0 Å². The predicted octanol–water partition coefficient (Wildman–Crippen LogP) is 0.0945. The molecule has 0 aliphatic carbocycles. The first-order valence-corrected chi connectivity index (χ1v) is 10.6. The summed E-state index contributed by atoms with van der Waals surface area (Å²) in [6.45, 7) is 2.82. The average molecular weight is 380 g/mol. The van der Waals surface area contributed by atoms with Crippen molar-refractivity contribution in [3.05, 3.63) is 29.8 Å². The van der Waals surface area contributed by atoms with Gasteiger partial charge in [0.2, 0.25) is 15.9 Å². The smallest absolute Gasteiger partial charge is 0.256 e. The summed E-state index contributed by atoms with van der Waals surface area (Å²) in [5, 5.41) is 3.06. The predicted molar refractivity (Wildman–Crippen MR) is 98.4 cm³/mol. The second-order valence-electron chi connectivity index (χ2n) is 6.73. The Balaban J connectivity index is 1.77. The molecule has 1 aromatic rings. The van der Waals surface area contributed by atoms with Crippen molar-refractivity contribution in [1.29, 1.82) is 0 Å². The zero-order chi connectivity index (χ0) is 18.7. The maximum absolute atomic E-state index is 13.0. The summed E-state index contributed by atoms with van der Waals surface area (Å²) in [6, 6.07) is 6.60. The second kappa shape index (κ2) is 7.63. The van der Waals surface area contributed by atoms with Crippen molar-refractivity contribution < 1.29 is 18.0 Å². The van der Waals surface area contributed by atoms with Gasteiger partial charge in [0.1, 0.15) is 0 Å². The number of benzene rings is 1. The Hall–Kier alpha value is -2.13. The van der Waals surface area contributed by atoms with Crippen LogP contribution < -0.4 is 10.0 Å². The number of carbonyl (C=O) groups is 2. The van der Waals surface area contributed by atoms with Crippen LogP contribution in [0.4, 0.5) is 5.69 Å². The van der Waals surface area contributed by atoms with Gasteiger partial charge in [-0.25, -0.2) is 8.42 Å². The molecule has 1 aromatic carbocycles. The van der Waals surface area contributed by atoms with Crippen molar-refractivity contribution in [2.45, 2.75) is 18.9 Å². The Labute approximate surface area is 153 Å². The number of anilines is 1. The fourth-order valence-corrected chi connectivity index (χ4v) is 4.11. The molecular formula is C17H24N4O4S. The molecule has 1 unspecified atom stereocenters. The van der Waals surface area contributed by atoms with Crippen LogP contribution in [0.5, 0.6) is 0 Å². The summed E-state index contributed by atoms with van der Waals surface area (Å²) in [6.07, 6.45) is 2.75. The van der Waals surface area contributed by atoms with Gasteiger partial charge in [0.25, 0.3) is 5.91 Å². The molecule has 8 nitrogen and oxygen atoms in total. The molecule has 3 rings (SSSR count). The minimum absolute atomic E-state index is 0.0114. The summed E-state index contributed by atoms with van der Waals surface area (Å²) >= 11 is 0. The monoisotopic (exact) mass is 380 g/mol. The van der Waals surface area contributed by atoms with Crippen molar-refractivity contribution in [1.82, 2.24) is 15.1 Å². The Morgan fingerprint density at radius 3 is 2.77 bits per heavy atom. The molecule has 2 aliphatic heterocycles. The Morgan fingerprint density at radius 2 is 2.04 bits per heavy atom. The van der Waals surface area contributed by atoms with Gasteiger partial charge >= 0.3 is 0 Å². The largest absolute Gasteiger partial charge is 0.337 e. The van der Waals surface area contributed by atoms with Crippen LogP contribution in [0.3, 0.4) is 0 Å². The van der Waals surface area contributed by atoms with Gasteiger partial charge in [-0.15, -0.1) is 0 Å². The zero-order valence-electron chi connectivity index (χ0n) is 14.8. The van der Waals surface area contributed by atoms with E-state index in [0.717, 1.165) is 25.6 Å². The first kappa shape index (κ1) is 18.7. The first-order chi connectivity index (χ1) is 12.3. The number of likely N-dealkylation sites (tertiary alicyclic amines) is 1. The molecule has 0 saturated carbocycles. The fraction of sp³-hybridized carbons (Fsp3) is 0.529. The lowest BCUT2D eigenvalue weighted by atomic mass is 10.0. The van der Waals surface area contributed by atoms with E-state index in [2.05, 4.69) is 10.0 Å². The van der Waals surface area contributed by atoms with Crippen LogP contribution in [0.15, 0.2) is 24.3 Å². The molecule has 0 bridgehead atoms. The number of piperidine rings is 1. The molecule has 0 spiro atoms. The lowest BCUT2D eigenvalue weighted by Crippen LogP contribution is -2.57. The van der Waals surface area contributed by atoms with Gasteiger partial charge in [-0.1, -0.05) is 12.1 Å². The van der Waals surface area contributed by atoms with Crippen LogP contribution >= 0.6 is 0 Å². The normalized spacial score (nSPS) is 21.6. The highest BCUT2D eigenvalue weighted by Crippen LogP contribution is 2.23. The minimum atomic E-state index is -3.48. The van der Waals surface area contributed by atoms with Crippen molar-refractivity contribution in [2.75, 3.05) is 43.7 Å². The van der Waals surface area contributed by atoms with E-state index in [1.165, 1.54) is 0 Å². The Bertz CT molecular complexity index is 796. The number of nitrogens with one attached hydrogen (secondary N) is 2. The zero-order valence-corrected chi connectivity index (χ0v) is 15.6. The van der Waals surface area contributed by atoms with E-state index in [4.69, 9.17) is 0 Å². The lowest BCUT2D eigenvalue weighted by Gasteiger charge is -2.41. The van der Waals surface area contributed by atoms with E-state index in [1.807, 2.05) is 4.90 Å². The molecule has 26 heavy (non-hydrogen) atoms. The maximum atomic E-state index is 13.0. The van der Waals surface area contributed by atoms with Crippen LogP contribution in [0.25, 0.3) is 0 Å². The highest BCUT2D eigenvalue weighted by atomic mass is 32.2. The average Bonchev–Trinajstić information content (AvgIpc) is 2.61. The van der Waals surface area contributed by atoms with Gasteiger partial charge in [0, 0.05) is 32.2 Å². The number of hydrogen-bond acceptors (Lipinski definition) is 5. The topological polar surface area (TPSA) is 98.8 Å². The molecule has 2 heterocycles. The van der Waals surface area contributed by atoms with Gasteiger partial charge in [-0.2, -0.15) is 0 Å². The number of piperazine rings is 1. The van der Waals surface area contributed by atoms with Crippen molar-refractivity contribution in [3.63, 3.8) is 0 Å². The van der Waals surface area contributed by atoms with Crippen molar-refractivity contribution in [2.24, 2.45) is 0 Å². The standard InChI is InChI=1S/C17H24N4O4S/c1-26(24,25)19-15-7-3-2-6-14(15)17(23)20-9-4-5-13(12-20)21-10-8-18-11-16(21)22/h2-3,6-7,13,18-19H,4-5,8-12H2,1H3. The number of carbonyl (C=O) groups excluding carboxylic acids is 2. The molecule has 0 radical (unpaired) electrons. The van der Waals surface area contributed by atoms with E-state index in [0.29, 0.717) is 31.7 Å². The van der Waals surface area contributed by atoms with Gasteiger partial charge in [-0.05, 0) is 25.0 Å². The molecule has 9 heteroatoms. The van der Waals surface area contributed by atoms with Gasteiger partial charge in [0.05, 0.1) is 24.1 Å². The number of amides is 2. The number of para-hydroxylation sites is 1. The van der Waals surface area contributed by atoms with Crippen molar-refractivity contribution in [3.8, 4) is 0 Å². The lowest BCUT2D eigenvalue weighted by molar-refractivity contribution is -0.135. The highest BCUT2D eigenvalue weighted by molar-refractivity contribution is 7.92. The van der Waals surface area contributed by atoms with E-state index < -0.39 is 10.0 Å². The Morgan fingerprint density at radius 1 is 1.27 bits per heavy atom. The van der Waals surface area contributed by atoms with Crippen molar-refractivity contribution >= 4 is 27.5 Å². The summed E-state index contributed by atoms with van der Waals surface area (Å²) in [7, 11) is -3.48. The first-order valence-electron chi connectivity index (χ1n) is 8.71. The molecule has 142 valence electrons. The molecule has 2 amide bonds. The number of hydrogen-bond donors (Lipinski definition) is 2. The van der Waals surface area contributed by atoms with Crippen LogP contribution in [-0.2, 0) is 14.8 Å². The maximum Gasteiger partial charge on any atom is 0.256 e. The molecule has 2 aliphatic rings. The molecule has 2 saturated heterocycles. The third-order valence-corrected chi connectivity index (χ3v) is 5.29. The van der Waals surface area contributed by atoms with Crippen LogP contribution in [-0.4, -0.2) is 75.1 Å². The molecule has 2 fully saturated rings. The number of nitrogens with zero attached hydrogens (tertiary/aromatic N) is 2. The summed E-state index contributed by atoms with van der Waals surface area (Å²) in [4.78, 5) is 28.7. The third kappa shape index (κ3) is 4.34. The molecular weight excluding hydrogens is 356 g/mol. The highest BCUT2D eigenvalue weighted by Gasteiger charge is 2.32.